The zero-order valence-electron chi connectivity index (χ0n) is 12.0. The molecule has 1 amide bonds. The van der Waals surface area contributed by atoms with Crippen molar-refractivity contribution >= 4 is 27.7 Å². The van der Waals surface area contributed by atoms with Crippen molar-refractivity contribution in [3.8, 4) is 0 Å². The fourth-order valence-corrected chi connectivity index (χ4v) is 3.35. The summed E-state index contributed by atoms with van der Waals surface area (Å²) >= 11 is 3.37. The van der Waals surface area contributed by atoms with Crippen molar-refractivity contribution in [3.05, 3.63) is 22.3 Å². The van der Waals surface area contributed by atoms with Crippen molar-refractivity contribution in [1.82, 2.24) is 10.3 Å². The zero-order valence-corrected chi connectivity index (χ0v) is 13.6. The molecule has 1 saturated heterocycles. The van der Waals surface area contributed by atoms with Crippen molar-refractivity contribution in [3.63, 3.8) is 0 Å². The number of piperidine rings is 1. The summed E-state index contributed by atoms with van der Waals surface area (Å²) in [4.78, 5) is 16.8. The summed E-state index contributed by atoms with van der Waals surface area (Å²) in [5.74, 6) is 1.03. The Balaban J connectivity index is 1.74. The van der Waals surface area contributed by atoms with Crippen LogP contribution in [0, 0.1) is 5.41 Å². The number of carbonyl (C=O) groups is 1. The van der Waals surface area contributed by atoms with Gasteiger partial charge in [0.05, 0.1) is 6.04 Å². The normalized spacial score (nSPS) is 31.2. The molecule has 4 nitrogen and oxygen atoms in total. The van der Waals surface area contributed by atoms with Gasteiger partial charge in [-0.2, -0.15) is 0 Å². The minimum Gasteiger partial charge on any atom is -0.309 e. The van der Waals surface area contributed by atoms with E-state index in [0.29, 0.717) is 23.2 Å². The van der Waals surface area contributed by atoms with Crippen LogP contribution in [-0.2, 0) is 4.79 Å². The van der Waals surface area contributed by atoms with Crippen LogP contribution in [0.5, 0.6) is 0 Å². The number of aromatic nitrogens is 1. The van der Waals surface area contributed by atoms with E-state index in [1.54, 1.807) is 0 Å². The summed E-state index contributed by atoms with van der Waals surface area (Å²) in [6.07, 6.45) is 2.12. The van der Waals surface area contributed by atoms with Crippen LogP contribution in [0.1, 0.15) is 45.1 Å². The van der Waals surface area contributed by atoms with Crippen LogP contribution in [0.3, 0.4) is 0 Å². The molecule has 0 spiro atoms. The van der Waals surface area contributed by atoms with E-state index in [1.165, 1.54) is 6.42 Å². The highest BCUT2D eigenvalue weighted by Crippen LogP contribution is 2.53. The summed E-state index contributed by atoms with van der Waals surface area (Å²) in [7, 11) is 0. The maximum absolute atomic E-state index is 12.4. The van der Waals surface area contributed by atoms with Crippen LogP contribution >= 0.6 is 15.9 Å². The lowest BCUT2D eigenvalue weighted by atomic mass is 10.0. The molecule has 1 aliphatic carbocycles. The van der Waals surface area contributed by atoms with E-state index in [1.807, 2.05) is 12.1 Å². The van der Waals surface area contributed by atoms with Crippen molar-refractivity contribution in [2.24, 2.45) is 5.41 Å². The van der Waals surface area contributed by atoms with Gasteiger partial charge in [-0.05, 0) is 51.7 Å². The summed E-state index contributed by atoms with van der Waals surface area (Å²) in [6.45, 7) is 6.45. The Bertz CT molecular complexity index is 560. The molecule has 2 aliphatic rings. The summed E-state index contributed by atoms with van der Waals surface area (Å²) in [5, 5.41) is 6.39. The van der Waals surface area contributed by atoms with Gasteiger partial charge in [-0.15, -0.1) is 0 Å². The number of hydrogen-bond donors (Lipinski definition) is 2. The first kappa shape index (κ1) is 14.0. The predicted molar refractivity (Wildman–Crippen MR) is 82.7 cm³/mol. The number of anilines is 1. The molecule has 1 aliphatic heterocycles. The van der Waals surface area contributed by atoms with Crippen LogP contribution in [-0.4, -0.2) is 23.0 Å². The number of rotatable bonds is 3. The number of carbonyl (C=O) groups excluding carboxylic acids is 1. The van der Waals surface area contributed by atoms with Crippen molar-refractivity contribution < 1.29 is 4.79 Å². The maximum atomic E-state index is 12.4. The molecular weight excluding hydrogens is 318 g/mol. The third kappa shape index (κ3) is 2.49. The van der Waals surface area contributed by atoms with Gasteiger partial charge in [-0.25, -0.2) is 4.98 Å². The smallest absolute Gasteiger partial charge is 0.242 e. The van der Waals surface area contributed by atoms with Gasteiger partial charge in [-0.3, -0.25) is 4.79 Å². The van der Waals surface area contributed by atoms with Gasteiger partial charge in [-0.1, -0.05) is 26.8 Å². The first-order valence-electron chi connectivity index (χ1n) is 7.12. The minimum absolute atomic E-state index is 0.0333. The van der Waals surface area contributed by atoms with E-state index in [4.69, 9.17) is 0 Å². The van der Waals surface area contributed by atoms with Crippen molar-refractivity contribution in [1.29, 1.82) is 0 Å². The Kier molecular flexibility index (Phi) is 3.37. The van der Waals surface area contributed by atoms with Crippen LogP contribution in [0.25, 0.3) is 0 Å². The summed E-state index contributed by atoms with van der Waals surface area (Å²) < 4.78 is 0.742. The highest BCUT2D eigenvalue weighted by molar-refractivity contribution is 9.10. The number of fused-ring (bicyclic) bond motifs is 1. The first-order valence-corrected chi connectivity index (χ1v) is 7.92. The molecule has 3 unspecified atom stereocenters. The van der Waals surface area contributed by atoms with Gasteiger partial charge in [0, 0.05) is 6.04 Å². The lowest BCUT2D eigenvalue weighted by Crippen LogP contribution is -2.38. The van der Waals surface area contributed by atoms with Gasteiger partial charge in [0.15, 0.2) is 0 Å². The van der Waals surface area contributed by atoms with Crippen LogP contribution in [0.2, 0.25) is 0 Å². The molecule has 3 atom stereocenters. The molecule has 0 radical (unpaired) electrons. The molecule has 108 valence electrons. The molecule has 20 heavy (non-hydrogen) atoms. The van der Waals surface area contributed by atoms with E-state index in [9.17, 15) is 4.79 Å². The molecule has 2 fully saturated rings. The molecule has 1 aromatic rings. The largest absolute Gasteiger partial charge is 0.309 e. The lowest BCUT2D eigenvalue weighted by Gasteiger charge is -2.17. The summed E-state index contributed by atoms with van der Waals surface area (Å²) in [5.41, 5.74) is 1.41. The van der Waals surface area contributed by atoms with Crippen LogP contribution in [0.15, 0.2) is 16.7 Å². The predicted octanol–water partition coefficient (Wildman–Crippen LogP) is 3.05. The SMILES string of the molecule is CC(C)c1ccc(Br)nc1NC(=O)C1CC2(C)CC2N1. The molecule has 3 rings (SSSR count). The maximum Gasteiger partial charge on any atom is 0.242 e. The Labute approximate surface area is 127 Å². The van der Waals surface area contributed by atoms with Gasteiger partial charge < -0.3 is 10.6 Å². The quantitative estimate of drug-likeness (QED) is 0.833. The topological polar surface area (TPSA) is 54.0 Å². The second-order valence-electron chi connectivity index (χ2n) is 6.55. The van der Waals surface area contributed by atoms with Gasteiger partial charge >= 0.3 is 0 Å². The summed E-state index contributed by atoms with van der Waals surface area (Å²) in [6, 6.07) is 4.37. The fourth-order valence-electron chi connectivity index (χ4n) is 3.05. The third-order valence-electron chi connectivity index (χ3n) is 4.50. The number of pyridine rings is 1. The molecule has 5 heteroatoms. The van der Waals surface area contributed by atoms with Crippen molar-refractivity contribution in [2.45, 2.75) is 51.6 Å². The molecule has 1 saturated carbocycles. The van der Waals surface area contributed by atoms with Gasteiger partial charge in [0.25, 0.3) is 0 Å². The van der Waals surface area contributed by atoms with E-state index < -0.39 is 0 Å². The van der Waals surface area contributed by atoms with E-state index in [2.05, 4.69) is 52.3 Å². The van der Waals surface area contributed by atoms with Crippen molar-refractivity contribution in [2.75, 3.05) is 5.32 Å². The van der Waals surface area contributed by atoms with Crippen LogP contribution in [0.4, 0.5) is 5.82 Å². The second-order valence-corrected chi connectivity index (χ2v) is 7.36. The fraction of sp³-hybridized carbons (Fsp3) is 0.600. The molecule has 0 aromatic carbocycles. The van der Waals surface area contributed by atoms with E-state index in [-0.39, 0.29) is 11.9 Å². The zero-order chi connectivity index (χ0) is 14.5. The molecular formula is C15H20BrN3O. The Morgan fingerprint density at radius 1 is 1.50 bits per heavy atom. The minimum atomic E-state index is -0.0838. The molecule has 1 aromatic heterocycles. The first-order chi connectivity index (χ1) is 9.39. The Morgan fingerprint density at radius 2 is 2.25 bits per heavy atom. The average Bonchev–Trinajstić information content (AvgIpc) is 2.87. The molecule has 2 heterocycles. The van der Waals surface area contributed by atoms with Gasteiger partial charge in [0.1, 0.15) is 10.4 Å². The number of nitrogens with one attached hydrogen (secondary N) is 2. The lowest BCUT2D eigenvalue weighted by molar-refractivity contribution is -0.118. The van der Waals surface area contributed by atoms with Crippen LogP contribution < -0.4 is 10.6 Å². The van der Waals surface area contributed by atoms with E-state index >= 15 is 0 Å². The highest BCUT2D eigenvalue weighted by atomic mass is 79.9. The Morgan fingerprint density at radius 3 is 2.85 bits per heavy atom. The molecule has 0 bridgehead atoms. The monoisotopic (exact) mass is 337 g/mol. The number of halogens is 1. The van der Waals surface area contributed by atoms with E-state index in [0.717, 1.165) is 16.6 Å². The average molecular weight is 338 g/mol. The second kappa shape index (κ2) is 4.81. The van der Waals surface area contributed by atoms with Gasteiger partial charge in [0.2, 0.25) is 5.91 Å². The number of nitrogens with zero attached hydrogens (tertiary/aromatic N) is 1. The molecule has 2 N–H and O–H groups in total. The highest BCUT2D eigenvalue weighted by Gasteiger charge is 2.58. The Hall–Kier alpha value is -0.940. The third-order valence-corrected chi connectivity index (χ3v) is 4.94. The number of amides is 1. The number of hydrogen-bond acceptors (Lipinski definition) is 3. The standard InChI is InChI=1S/C15H20BrN3O/c1-8(2)9-4-5-12(16)18-13(9)19-14(20)10-6-15(3)7-11(15)17-10/h4-5,8,10-11,17H,6-7H2,1-3H3,(H,18,19,20).